The normalized spacial score (nSPS) is 10.9. The Balaban J connectivity index is 1.83. The Bertz CT molecular complexity index is 1300. The van der Waals surface area contributed by atoms with Gasteiger partial charge < -0.3 is 9.72 Å². The van der Waals surface area contributed by atoms with E-state index < -0.39 is 0 Å². The van der Waals surface area contributed by atoms with Crippen molar-refractivity contribution in [2.45, 2.75) is 0 Å². The molecule has 152 valence electrons. The molecule has 31 heavy (non-hydrogen) atoms. The van der Waals surface area contributed by atoms with Gasteiger partial charge in [-0.15, -0.1) is 0 Å². The molecule has 0 amide bonds. The molecule has 7 nitrogen and oxygen atoms in total. The number of hydrogen-bond acceptors (Lipinski definition) is 4. The van der Waals surface area contributed by atoms with Gasteiger partial charge in [-0.1, -0.05) is 0 Å². The summed E-state index contributed by atoms with van der Waals surface area (Å²) in [4.78, 5) is 11.5. The SMILES string of the molecule is COc1ccc(-n2nc(-c3ccc(F)cc3)c(-[n+]3ccncc3)c2-c2cnc[nH]2)cc1. The van der Waals surface area contributed by atoms with E-state index in [2.05, 4.69) is 15.0 Å². The van der Waals surface area contributed by atoms with Crippen LogP contribution in [-0.4, -0.2) is 31.8 Å². The number of aromatic amines is 1. The molecule has 3 aromatic heterocycles. The molecule has 0 saturated carbocycles. The molecule has 0 fully saturated rings. The molecule has 8 heteroatoms. The van der Waals surface area contributed by atoms with Crippen LogP contribution in [0.2, 0.25) is 0 Å². The second-order valence-corrected chi connectivity index (χ2v) is 6.78. The van der Waals surface area contributed by atoms with E-state index in [4.69, 9.17) is 9.84 Å². The molecule has 0 unspecified atom stereocenters. The number of halogens is 1. The molecule has 0 spiro atoms. The Morgan fingerprint density at radius 2 is 1.71 bits per heavy atom. The summed E-state index contributed by atoms with van der Waals surface area (Å²) in [5, 5.41) is 4.93. The van der Waals surface area contributed by atoms with Crippen LogP contribution in [0.4, 0.5) is 4.39 Å². The van der Waals surface area contributed by atoms with Gasteiger partial charge in [0.2, 0.25) is 0 Å². The predicted octanol–water partition coefficient (Wildman–Crippen LogP) is 3.75. The van der Waals surface area contributed by atoms with Gasteiger partial charge >= 0.3 is 0 Å². The molecule has 3 heterocycles. The molecular formula is C23H18FN6O+. The summed E-state index contributed by atoms with van der Waals surface area (Å²) in [5.41, 5.74) is 4.73. The molecule has 1 N–H and O–H groups in total. The third-order valence-electron chi connectivity index (χ3n) is 4.93. The third kappa shape index (κ3) is 3.44. The summed E-state index contributed by atoms with van der Waals surface area (Å²) in [5.74, 6) is 0.451. The van der Waals surface area contributed by atoms with Gasteiger partial charge in [-0.3, -0.25) is 4.98 Å². The highest BCUT2D eigenvalue weighted by molar-refractivity contribution is 5.78. The average molecular weight is 413 g/mol. The van der Waals surface area contributed by atoms with Crippen LogP contribution in [0, 0.1) is 5.82 Å². The molecule has 5 rings (SSSR count). The van der Waals surface area contributed by atoms with E-state index in [9.17, 15) is 4.39 Å². The first-order valence-electron chi connectivity index (χ1n) is 9.58. The maximum Gasteiger partial charge on any atom is 0.267 e. The van der Waals surface area contributed by atoms with Gasteiger partial charge in [0, 0.05) is 5.56 Å². The van der Waals surface area contributed by atoms with Gasteiger partial charge in [-0.2, -0.15) is 9.67 Å². The minimum Gasteiger partial charge on any atom is -0.497 e. The van der Waals surface area contributed by atoms with Crippen molar-refractivity contribution < 1.29 is 13.7 Å². The lowest BCUT2D eigenvalue weighted by molar-refractivity contribution is -0.595. The van der Waals surface area contributed by atoms with E-state index in [1.54, 1.807) is 44.2 Å². The highest BCUT2D eigenvalue weighted by atomic mass is 19.1. The van der Waals surface area contributed by atoms with E-state index in [0.717, 1.165) is 34.1 Å². The van der Waals surface area contributed by atoms with Crippen molar-refractivity contribution in [1.29, 1.82) is 0 Å². The number of imidazole rings is 1. The summed E-state index contributed by atoms with van der Waals surface area (Å²) in [7, 11) is 1.63. The summed E-state index contributed by atoms with van der Waals surface area (Å²) in [6.07, 6.45) is 10.5. The maximum atomic E-state index is 13.6. The standard InChI is InChI=1S/C23H18FN6O/c1-31-19-8-6-18(7-9-19)30-22(20-14-26-15-27-20)23(29-12-10-25-11-13-29)21(28-30)16-2-4-17(24)5-3-16/h2-15H,1H3,(H,26,27)/q+1. The molecular weight excluding hydrogens is 395 g/mol. The van der Waals surface area contributed by atoms with Gasteiger partial charge in [0.1, 0.15) is 11.6 Å². The van der Waals surface area contributed by atoms with Crippen molar-refractivity contribution >= 4 is 0 Å². The zero-order valence-electron chi connectivity index (χ0n) is 16.6. The lowest BCUT2D eigenvalue weighted by Crippen LogP contribution is -2.30. The highest BCUT2D eigenvalue weighted by Crippen LogP contribution is 2.34. The Kier molecular flexibility index (Phi) is 4.72. The number of benzene rings is 2. The molecule has 0 aliphatic carbocycles. The van der Waals surface area contributed by atoms with Crippen molar-refractivity contribution in [2.24, 2.45) is 0 Å². The van der Waals surface area contributed by atoms with Crippen LogP contribution in [0.25, 0.3) is 34.0 Å². The molecule has 5 aromatic rings. The molecule has 0 bridgehead atoms. The first-order chi connectivity index (χ1) is 15.2. The zero-order valence-corrected chi connectivity index (χ0v) is 16.6. The zero-order chi connectivity index (χ0) is 21.2. The fourth-order valence-electron chi connectivity index (χ4n) is 3.46. The number of methoxy groups -OCH3 is 1. The summed E-state index contributed by atoms with van der Waals surface area (Å²) in [6.45, 7) is 0. The predicted molar refractivity (Wildman–Crippen MR) is 112 cm³/mol. The number of nitrogens with zero attached hydrogens (tertiary/aromatic N) is 5. The van der Waals surface area contributed by atoms with Gasteiger partial charge in [0.15, 0.2) is 23.8 Å². The summed E-state index contributed by atoms with van der Waals surface area (Å²) < 4.78 is 22.7. The van der Waals surface area contributed by atoms with Gasteiger partial charge in [-0.05, 0) is 48.5 Å². The highest BCUT2D eigenvalue weighted by Gasteiger charge is 2.29. The van der Waals surface area contributed by atoms with E-state index in [1.807, 2.05) is 45.9 Å². The Hall–Kier alpha value is -4.33. The van der Waals surface area contributed by atoms with Crippen LogP contribution in [0.5, 0.6) is 5.75 Å². The van der Waals surface area contributed by atoms with E-state index in [1.165, 1.54) is 12.1 Å². The van der Waals surface area contributed by atoms with E-state index in [0.29, 0.717) is 5.69 Å². The fourth-order valence-corrected chi connectivity index (χ4v) is 3.46. The number of H-pyrrole nitrogens is 1. The monoisotopic (exact) mass is 413 g/mol. The van der Waals surface area contributed by atoms with E-state index in [-0.39, 0.29) is 5.82 Å². The minimum atomic E-state index is -0.301. The minimum absolute atomic E-state index is 0.301. The van der Waals surface area contributed by atoms with Crippen molar-refractivity contribution in [2.75, 3.05) is 7.11 Å². The van der Waals surface area contributed by atoms with Crippen molar-refractivity contribution in [3.8, 4) is 39.8 Å². The molecule has 0 aliphatic rings. The van der Waals surface area contributed by atoms with Crippen LogP contribution in [-0.2, 0) is 0 Å². The number of aromatic nitrogens is 6. The Labute approximate surface area is 177 Å². The lowest BCUT2D eigenvalue weighted by atomic mass is 10.1. The second kappa shape index (κ2) is 7.83. The smallest absolute Gasteiger partial charge is 0.267 e. The van der Waals surface area contributed by atoms with Crippen LogP contribution in [0.3, 0.4) is 0 Å². The molecule has 2 aromatic carbocycles. The van der Waals surface area contributed by atoms with Gasteiger partial charge in [-0.25, -0.2) is 14.1 Å². The largest absolute Gasteiger partial charge is 0.497 e. The van der Waals surface area contributed by atoms with Crippen LogP contribution >= 0.6 is 0 Å². The molecule has 0 saturated heterocycles. The quantitative estimate of drug-likeness (QED) is 0.446. The summed E-state index contributed by atoms with van der Waals surface area (Å²) in [6, 6.07) is 13.9. The number of ether oxygens (including phenoxy) is 1. The topological polar surface area (TPSA) is 72.5 Å². The average Bonchev–Trinajstić information content (AvgIpc) is 3.48. The first kappa shape index (κ1) is 18.7. The molecule has 0 radical (unpaired) electrons. The van der Waals surface area contributed by atoms with E-state index >= 15 is 0 Å². The van der Waals surface area contributed by atoms with Crippen LogP contribution in [0.1, 0.15) is 0 Å². The second-order valence-electron chi connectivity index (χ2n) is 6.78. The lowest BCUT2D eigenvalue weighted by Gasteiger charge is -2.07. The number of rotatable bonds is 5. The maximum absolute atomic E-state index is 13.6. The van der Waals surface area contributed by atoms with Crippen LogP contribution in [0.15, 0.2) is 85.8 Å². The Morgan fingerprint density at radius 1 is 0.968 bits per heavy atom. The van der Waals surface area contributed by atoms with Gasteiger partial charge in [0.05, 0.1) is 43.4 Å². The third-order valence-corrected chi connectivity index (χ3v) is 4.93. The molecule has 0 atom stereocenters. The Morgan fingerprint density at radius 3 is 2.35 bits per heavy atom. The molecule has 0 aliphatic heterocycles. The number of hydrogen-bond donors (Lipinski definition) is 1. The summed E-state index contributed by atoms with van der Waals surface area (Å²) >= 11 is 0. The van der Waals surface area contributed by atoms with Crippen molar-refractivity contribution in [3.05, 3.63) is 91.7 Å². The van der Waals surface area contributed by atoms with Crippen molar-refractivity contribution in [3.63, 3.8) is 0 Å². The first-order valence-corrected chi connectivity index (χ1v) is 9.58. The van der Waals surface area contributed by atoms with Crippen molar-refractivity contribution in [1.82, 2.24) is 24.7 Å². The van der Waals surface area contributed by atoms with Gasteiger partial charge in [0.25, 0.3) is 5.69 Å². The van der Waals surface area contributed by atoms with Crippen LogP contribution < -0.4 is 9.30 Å². The number of nitrogens with one attached hydrogen (secondary N) is 1. The fraction of sp³-hybridized carbons (Fsp3) is 0.0435.